The normalized spacial score (nSPS) is 11.4. The second-order valence-electron chi connectivity index (χ2n) is 6.88. The first kappa shape index (κ1) is 18.5. The lowest BCUT2D eigenvalue weighted by Crippen LogP contribution is -2.24. The predicted molar refractivity (Wildman–Crippen MR) is 96.2 cm³/mol. The molecule has 8 heteroatoms. The monoisotopic (exact) mass is 371 g/mol. The lowest BCUT2D eigenvalue weighted by atomic mass is 10.1. The van der Waals surface area contributed by atoms with Gasteiger partial charge in [-0.15, -0.1) is 0 Å². The number of benzene rings is 1. The predicted octanol–water partition coefficient (Wildman–Crippen LogP) is 3.13. The number of fused-ring (bicyclic) bond motifs is 1. The van der Waals surface area contributed by atoms with E-state index in [4.69, 9.17) is 9.47 Å². The number of halogens is 1. The molecule has 0 aliphatic carbocycles. The van der Waals surface area contributed by atoms with E-state index in [2.05, 4.69) is 15.0 Å². The van der Waals surface area contributed by atoms with Crippen molar-refractivity contribution in [3.63, 3.8) is 0 Å². The van der Waals surface area contributed by atoms with E-state index in [0.29, 0.717) is 11.1 Å². The van der Waals surface area contributed by atoms with Gasteiger partial charge in [-0.2, -0.15) is 0 Å². The Kier molecular flexibility index (Phi) is 4.89. The van der Waals surface area contributed by atoms with Crippen molar-refractivity contribution in [2.24, 2.45) is 0 Å². The van der Waals surface area contributed by atoms with Crippen molar-refractivity contribution in [2.45, 2.75) is 32.8 Å². The van der Waals surface area contributed by atoms with Crippen LogP contribution in [0.5, 0.6) is 11.5 Å². The summed E-state index contributed by atoms with van der Waals surface area (Å²) in [4.78, 5) is 33.7. The number of carbonyl (C=O) groups is 1. The van der Waals surface area contributed by atoms with E-state index in [0.717, 1.165) is 6.20 Å². The van der Waals surface area contributed by atoms with E-state index in [-0.39, 0.29) is 23.6 Å². The highest BCUT2D eigenvalue weighted by molar-refractivity contribution is 5.77. The molecule has 3 aromatic rings. The minimum atomic E-state index is -0.634. The van der Waals surface area contributed by atoms with Gasteiger partial charge in [-0.05, 0) is 38.5 Å². The van der Waals surface area contributed by atoms with Crippen molar-refractivity contribution in [3.05, 3.63) is 58.4 Å². The quantitative estimate of drug-likeness (QED) is 0.708. The van der Waals surface area contributed by atoms with Crippen LogP contribution >= 0.6 is 0 Å². The van der Waals surface area contributed by atoms with Crippen LogP contribution in [0.4, 0.5) is 4.39 Å². The number of aromatic nitrogens is 3. The van der Waals surface area contributed by atoms with Gasteiger partial charge in [-0.1, -0.05) is 6.07 Å². The summed E-state index contributed by atoms with van der Waals surface area (Å²) in [6.45, 7) is 5.30. The van der Waals surface area contributed by atoms with E-state index < -0.39 is 22.9 Å². The van der Waals surface area contributed by atoms with Gasteiger partial charge >= 0.3 is 5.97 Å². The standard InChI is InChI=1S/C19H18FN3O4/c1-19(2,3)27-16(25)9-11-4-5-13(12(20)8-11)26-14-6-7-21-18-17(14)22-10-15(24)23-18/h4-8,10H,9H2,1-3H3,(H,21,23,24). The third-order valence-electron chi connectivity index (χ3n) is 3.42. The van der Waals surface area contributed by atoms with E-state index in [1.165, 1.54) is 24.4 Å². The first-order valence-corrected chi connectivity index (χ1v) is 8.23. The minimum absolute atomic E-state index is 0.0385. The van der Waals surface area contributed by atoms with Gasteiger partial charge in [0, 0.05) is 12.3 Å². The topological polar surface area (TPSA) is 94.2 Å². The highest BCUT2D eigenvalue weighted by Crippen LogP contribution is 2.28. The highest BCUT2D eigenvalue weighted by atomic mass is 19.1. The molecule has 7 nitrogen and oxygen atoms in total. The Bertz CT molecular complexity index is 1060. The molecule has 0 atom stereocenters. The van der Waals surface area contributed by atoms with E-state index >= 15 is 0 Å². The van der Waals surface area contributed by atoms with Crippen molar-refractivity contribution in [1.29, 1.82) is 0 Å². The van der Waals surface area contributed by atoms with Crippen LogP contribution in [0.3, 0.4) is 0 Å². The number of rotatable bonds is 4. The lowest BCUT2D eigenvalue weighted by Gasteiger charge is -2.19. The maximum Gasteiger partial charge on any atom is 0.310 e. The van der Waals surface area contributed by atoms with Crippen molar-refractivity contribution in [1.82, 2.24) is 15.0 Å². The fourth-order valence-electron chi connectivity index (χ4n) is 2.41. The van der Waals surface area contributed by atoms with Gasteiger partial charge in [-0.3, -0.25) is 9.59 Å². The fourth-order valence-corrected chi connectivity index (χ4v) is 2.41. The minimum Gasteiger partial charge on any atom is -0.460 e. The van der Waals surface area contributed by atoms with Gasteiger partial charge in [0.15, 0.2) is 23.0 Å². The molecule has 0 aliphatic rings. The van der Waals surface area contributed by atoms with Gasteiger partial charge < -0.3 is 14.5 Å². The number of nitrogens with one attached hydrogen (secondary N) is 1. The van der Waals surface area contributed by atoms with Crippen LogP contribution in [0.25, 0.3) is 11.2 Å². The third-order valence-corrected chi connectivity index (χ3v) is 3.42. The van der Waals surface area contributed by atoms with E-state index in [9.17, 15) is 14.0 Å². The van der Waals surface area contributed by atoms with Crippen LogP contribution in [0, 0.1) is 5.82 Å². The Balaban J connectivity index is 1.81. The molecule has 140 valence electrons. The van der Waals surface area contributed by atoms with Crippen molar-refractivity contribution >= 4 is 17.1 Å². The SMILES string of the molecule is CC(C)(C)OC(=O)Cc1ccc(Oc2ccnc3[nH]c(=O)cnc23)c(F)c1. The summed E-state index contributed by atoms with van der Waals surface area (Å²) >= 11 is 0. The van der Waals surface area contributed by atoms with Crippen molar-refractivity contribution < 1.29 is 18.7 Å². The second-order valence-corrected chi connectivity index (χ2v) is 6.88. The largest absolute Gasteiger partial charge is 0.460 e. The summed E-state index contributed by atoms with van der Waals surface area (Å²) in [5, 5.41) is 0. The molecule has 0 saturated carbocycles. The summed E-state index contributed by atoms with van der Waals surface area (Å²) in [6, 6.07) is 5.74. The van der Waals surface area contributed by atoms with Gasteiger partial charge in [0.1, 0.15) is 11.1 Å². The van der Waals surface area contributed by atoms with Crippen LogP contribution in [0.2, 0.25) is 0 Å². The maximum absolute atomic E-state index is 14.4. The zero-order valence-electron chi connectivity index (χ0n) is 15.1. The zero-order valence-corrected chi connectivity index (χ0v) is 15.1. The van der Waals surface area contributed by atoms with Crippen LogP contribution in [-0.4, -0.2) is 26.5 Å². The van der Waals surface area contributed by atoms with Crippen LogP contribution < -0.4 is 10.3 Å². The number of nitrogens with zero attached hydrogens (tertiary/aromatic N) is 2. The van der Waals surface area contributed by atoms with Gasteiger partial charge in [0.25, 0.3) is 5.56 Å². The van der Waals surface area contributed by atoms with Crippen molar-refractivity contribution in [3.8, 4) is 11.5 Å². The molecule has 27 heavy (non-hydrogen) atoms. The van der Waals surface area contributed by atoms with Crippen LogP contribution in [0.1, 0.15) is 26.3 Å². The number of hydrogen-bond acceptors (Lipinski definition) is 6. The molecule has 0 spiro atoms. The number of aromatic amines is 1. The molecular weight excluding hydrogens is 353 g/mol. The summed E-state index contributed by atoms with van der Waals surface area (Å²) in [6.07, 6.45) is 2.47. The Morgan fingerprint density at radius 1 is 1.19 bits per heavy atom. The zero-order chi connectivity index (χ0) is 19.6. The molecule has 2 aromatic heterocycles. The van der Waals surface area contributed by atoms with E-state index in [1.807, 2.05) is 0 Å². The van der Waals surface area contributed by atoms with Crippen LogP contribution in [-0.2, 0) is 16.0 Å². The molecular formula is C19H18FN3O4. The Labute approximate surface area is 154 Å². The summed E-state index contributed by atoms with van der Waals surface area (Å²) < 4.78 is 25.2. The summed E-state index contributed by atoms with van der Waals surface area (Å²) in [5.74, 6) is -0.868. The Morgan fingerprint density at radius 3 is 2.67 bits per heavy atom. The molecule has 0 saturated heterocycles. The van der Waals surface area contributed by atoms with Crippen LogP contribution in [0.15, 0.2) is 41.5 Å². The number of pyridine rings is 1. The number of carbonyl (C=O) groups excluding carboxylic acids is 1. The highest BCUT2D eigenvalue weighted by Gasteiger charge is 2.17. The smallest absolute Gasteiger partial charge is 0.310 e. The Hall–Kier alpha value is -3.29. The number of ether oxygens (including phenoxy) is 2. The molecule has 1 aromatic carbocycles. The molecule has 0 aliphatic heterocycles. The molecule has 0 fully saturated rings. The summed E-state index contributed by atoms with van der Waals surface area (Å²) in [7, 11) is 0. The molecule has 1 N–H and O–H groups in total. The average Bonchev–Trinajstić information content (AvgIpc) is 2.55. The number of hydrogen-bond donors (Lipinski definition) is 1. The van der Waals surface area contributed by atoms with E-state index in [1.54, 1.807) is 26.8 Å². The molecule has 3 rings (SSSR count). The first-order valence-electron chi connectivity index (χ1n) is 8.23. The van der Waals surface area contributed by atoms with Gasteiger partial charge in [-0.25, -0.2) is 14.4 Å². The number of esters is 1. The fraction of sp³-hybridized carbons (Fsp3) is 0.263. The third kappa shape index (κ3) is 4.66. The molecule has 0 radical (unpaired) electrons. The number of H-pyrrole nitrogens is 1. The Morgan fingerprint density at radius 2 is 1.96 bits per heavy atom. The van der Waals surface area contributed by atoms with Gasteiger partial charge in [0.05, 0.1) is 12.6 Å². The maximum atomic E-state index is 14.4. The van der Waals surface area contributed by atoms with Crippen molar-refractivity contribution in [2.75, 3.05) is 0 Å². The molecule has 0 bridgehead atoms. The summed E-state index contributed by atoms with van der Waals surface area (Å²) in [5.41, 5.74) is 0.00644. The second kappa shape index (κ2) is 7.14. The molecule has 0 amide bonds. The molecule has 0 unspecified atom stereocenters. The molecule has 2 heterocycles. The van der Waals surface area contributed by atoms with Gasteiger partial charge in [0.2, 0.25) is 0 Å². The first-order chi connectivity index (χ1) is 12.7. The average molecular weight is 371 g/mol. The lowest BCUT2D eigenvalue weighted by molar-refractivity contribution is -0.153.